The molecule has 0 heterocycles. The fourth-order valence-corrected chi connectivity index (χ4v) is 1.73. The van der Waals surface area contributed by atoms with Crippen LogP contribution < -0.4 is 5.48 Å². The van der Waals surface area contributed by atoms with Crippen LogP contribution in [-0.4, -0.2) is 23.3 Å². The lowest BCUT2D eigenvalue weighted by atomic mass is 10.2. The number of benzene rings is 1. The van der Waals surface area contributed by atoms with Gasteiger partial charge in [0.05, 0.1) is 0 Å². The molecule has 0 aromatic heterocycles. The second-order valence-corrected chi connectivity index (χ2v) is 4.79. The number of nitrogens with one attached hydrogen (secondary N) is 1. The number of aliphatic carboxylic acids is 1. The molecule has 2 rings (SSSR count). The average molecular weight is 279 g/mol. The van der Waals surface area contributed by atoms with Crippen LogP contribution in [0.2, 0.25) is 0 Å². The molecule has 0 bridgehead atoms. The van der Waals surface area contributed by atoms with Crippen molar-refractivity contribution in [3.8, 4) is 0 Å². The normalized spacial score (nSPS) is 15.4. The predicted octanol–water partition coefficient (Wildman–Crippen LogP) is 2.10. The maximum Gasteiger partial charge on any atom is 0.431 e. The molecule has 1 aromatic rings. The Bertz CT molecular complexity index is 458. The summed E-state index contributed by atoms with van der Waals surface area (Å²) in [4.78, 5) is 27.2. The highest BCUT2D eigenvalue weighted by Crippen LogP contribution is 2.34. The molecule has 0 unspecified atom stereocenters. The van der Waals surface area contributed by atoms with Crippen molar-refractivity contribution in [3.05, 3.63) is 35.9 Å². The predicted molar refractivity (Wildman–Crippen MR) is 69.6 cm³/mol. The standard InChI is InChI=1S/C14H17NO5/c16-13(17)12(8-10-6-7-10)20-15-14(18)19-9-11-4-2-1-3-5-11/h1-5,10,12H,6-9H2,(H,15,18)(H,16,17)/t12-/m1/s1. The lowest BCUT2D eigenvalue weighted by molar-refractivity contribution is -0.155. The van der Waals surface area contributed by atoms with Gasteiger partial charge in [-0.2, -0.15) is 5.48 Å². The summed E-state index contributed by atoms with van der Waals surface area (Å²) in [5, 5.41) is 8.95. The van der Waals surface area contributed by atoms with Gasteiger partial charge in [0.1, 0.15) is 6.61 Å². The fourth-order valence-electron chi connectivity index (χ4n) is 1.73. The number of hydroxylamine groups is 1. The van der Waals surface area contributed by atoms with Gasteiger partial charge in [-0.1, -0.05) is 43.2 Å². The number of carboxylic acid groups (broad SMARTS) is 1. The van der Waals surface area contributed by atoms with Gasteiger partial charge in [-0.05, 0) is 17.9 Å². The Morgan fingerprint density at radius 1 is 1.30 bits per heavy atom. The molecule has 0 spiro atoms. The maximum atomic E-state index is 11.4. The summed E-state index contributed by atoms with van der Waals surface area (Å²) in [5.41, 5.74) is 2.87. The molecule has 2 N–H and O–H groups in total. The van der Waals surface area contributed by atoms with E-state index in [9.17, 15) is 9.59 Å². The van der Waals surface area contributed by atoms with Gasteiger partial charge in [-0.15, -0.1) is 0 Å². The number of carbonyl (C=O) groups excluding carboxylic acids is 1. The molecule has 1 amide bonds. The van der Waals surface area contributed by atoms with Crippen LogP contribution >= 0.6 is 0 Å². The van der Waals surface area contributed by atoms with Gasteiger partial charge in [-0.25, -0.2) is 9.59 Å². The number of amides is 1. The molecular formula is C14H17NO5. The summed E-state index contributed by atoms with van der Waals surface area (Å²) in [5.74, 6) is -0.696. The fraction of sp³-hybridized carbons (Fsp3) is 0.429. The summed E-state index contributed by atoms with van der Waals surface area (Å²) in [6, 6.07) is 9.18. The van der Waals surface area contributed by atoms with E-state index in [-0.39, 0.29) is 6.61 Å². The summed E-state index contributed by atoms with van der Waals surface area (Å²) < 4.78 is 4.91. The van der Waals surface area contributed by atoms with E-state index in [1.54, 1.807) is 0 Å². The molecule has 1 aromatic carbocycles. The topological polar surface area (TPSA) is 84.9 Å². The molecule has 6 nitrogen and oxygen atoms in total. The molecule has 1 atom stereocenters. The first-order valence-corrected chi connectivity index (χ1v) is 6.50. The summed E-state index contributed by atoms with van der Waals surface area (Å²) in [7, 11) is 0. The highest BCUT2D eigenvalue weighted by molar-refractivity contribution is 5.73. The monoisotopic (exact) mass is 279 g/mol. The number of carbonyl (C=O) groups is 2. The number of rotatable bonds is 7. The van der Waals surface area contributed by atoms with Gasteiger partial charge in [0.25, 0.3) is 0 Å². The smallest absolute Gasteiger partial charge is 0.431 e. The van der Waals surface area contributed by atoms with E-state index in [2.05, 4.69) is 0 Å². The van der Waals surface area contributed by atoms with Crippen molar-refractivity contribution in [2.75, 3.05) is 0 Å². The van der Waals surface area contributed by atoms with Crippen LogP contribution in [0.25, 0.3) is 0 Å². The van der Waals surface area contributed by atoms with Crippen LogP contribution in [0.5, 0.6) is 0 Å². The minimum absolute atomic E-state index is 0.108. The Balaban J connectivity index is 1.69. The van der Waals surface area contributed by atoms with Crippen molar-refractivity contribution in [2.45, 2.75) is 32.0 Å². The van der Waals surface area contributed by atoms with Crippen molar-refractivity contribution < 1.29 is 24.3 Å². The first-order chi connectivity index (χ1) is 9.65. The minimum Gasteiger partial charge on any atom is -0.479 e. The third-order valence-corrected chi connectivity index (χ3v) is 3.02. The summed E-state index contributed by atoms with van der Waals surface area (Å²) in [6.07, 6.45) is 0.633. The zero-order valence-corrected chi connectivity index (χ0v) is 11.0. The van der Waals surface area contributed by atoms with Gasteiger partial charge in [0.2, 0.25) is 0 Å². The maximum absolute atomic E-state index is 11.4. The first kappa shape index (κ1) is 14.3. The second kappa shape index (κ2) is 6.91. The van der Waals surface area contributed by atoms with Gasteiger partial charge in [0.15, 0.2) is 6.10 Å². The van der Waals surface area contributed by atoms with E-state index in [0.29, 0.717) is 12.3 Å². The highest BCUT2D eigenvalue weighted by Gasteiger charge is 2.30. The zero-order chi connectivity index (χ0) is 14.4. The van der Waals surface area contributed by atoms with Crippen molar-refractivity contribution in [3.63, 3.8) is 0 Å². The molecule has 1 aliphatic rings. The molecule has 108 valence electrons. The summed E-state index contributed by atoms with van der Waals surface area (Å²) in [6.45, 7) is 0.108. The summed E-state index contributed by atoms with van der Waals surface area (Å²) >= 11 is 0. The van der Waals surface area contributed by atoms with Crippen molar-refractivity contribution >= 4 is 12.1 Å². The third kappa shape index (κ3) is 4.89. The Hall–Kier alpha value is -2.08. The van der Waals surface area contributed by atoms with Crippen molar-refractivity contribution in [1.82, 2.24) is 5.48 Å². The SMILES string of the molecule is O=C(NO[C@H](CC1CC1)C(=O)O)OCc1ccccc1. The molecule has 1 saturated carbocycles. The second-order valence-electron chi connectivity index (χ2n) is 4.79. The number of hydrogen-bond donors (Lipinski definition) is 2. The Morgan fingerprint density at radius 2 is 2.00 bits per heavy atom. The first-order valence-electron chi connectivity index (χ1n) is 6.50. The molecular weight excluding hydrogens is 262 g/mol. The van der Waals surface area contributed by atoms with Gasteiger partial charge < -0.3 is 9.84 Å². The molecule has 20 heavy (non-hydrogen) atoms. The van der Waals surface area contributed by atoms with Crippen molar-refractivity contribution in [2.24, 2.45) is 5.92 Å². The van der Waals surface area contributed by atoms with Gasteiger partial charge >= 0.3 is 12.1 Å². The van der Waals surface area contributed by atoms with Crippen LogP contribution in [0.15, 0.2) is 30.3 Å². The van der Waals surface area contributed by atoms with E-state index < -0.39 is 18.2 Å². The number of ether oxygens (including phenoxy) is 1. The molecule has 6 heteroatoms. The average Bonchev–Trinajstić information content (AvgIpc) is 3.26. The quantitative estimate of drug-likeness (QED) is 0.747. The molecule has 0 saturated heterocycles. The molecule has 0 radical (unpaired) electrons. The van der Waals surface area contributed by atoms with Crippen LogP contribution in [0.1, 0.15) is 24.8 Å². The number of hydrogen-bond acceptors (Lipinski definition) is 4. The number of carboxylic acids is 1. The van der Waals surface area contributed by atoms with E-state index in [1.165, 1.54) is 0 Å². The Kier molecular flexibility index (Phi) is 4.95. The van der Waals surface area contributed by atoms with Crippen LogP contribution in [0, 0.1) is 5.92 Å². The van der Waals surface area contributed by atoms with Crippen LogP contribution in [0.4, 0.5) is 4.79 Å². The van der Waals surface area contributed by atoms with Crippen LogP contribution in [-0.2, 0) is 21.0 Å². The largest absolute Gasteiger partial charge is 0.479 e. The van der Waals surface area contributed by atoms with Crippen molar-refractivity contribution in [1.29, 1.82) is 0 Å². The van der Waals surface area contributed by atoms with E-state index >= 15 is 0 Å². The third-order valence-electron chi connectivity index (χ3n) is 3.02. The molecule has 1 fully saturated rings. The molecule has 1 aliphatic carbocycles. The van der Waals surface area contributed by atoms with E-state index in [1.807, 2.05) is 35.8 Å². The Morgan fingerprint density at radius 3 is 2.60 bits per heavy atom. The zero-order valence-electron chi connectivity index (χ0n) is 11.0. The van der Waals surface area contributed by atoms with E-state index in [0.717, 1.165) is 18.4 Å². The highest BCUT2D eigenvalue weighted by atomic mass is 16.7. The van der Waals surface area contributed by atoms with Gasteiger partial charge in [-0.3, -0.25) is 4.84 Å². The van der Waals surface area contributed by atoms with E-state index in [4.69, 9.17) is 14.7 Å². The Labute approximate surface area is 116 Å². The van der Waals surface area contributed by atoms with Crippen LogP contribution in [0.3, 0.4) is 0 Å². The minimum atomic E-state index is -1.08. The molecule has 0 aliphatic heterocycles. The lowest BCUT2D eigenvalue weighted by Crippen LogP contribution is -2.35. The lowest BCUT2D eigenvalue weighted by Gasteiger charge is -2.13. The van der Waals surface area contributed by atoms with Gasteiger partial charge in [0, 0.05) is 0 Å².